The van der Waals surface area contributed by atoms with Gasteiger partial charge in [-0.25, -0.2) is 4.79 Å². The second-order valence-electron chi connectivity index (χ2n) is 7.22. The van der Waals surface area contributed by atoms with E-state index in [1.54, 1.807) is 0 Å². The Balaban J connectivity index is 1.71. The predicted molar refractivity (Wildman–Crippen MR) is 93.9 cm³/mol. The first kappa shape index (κ1) is 15.3. The van der Waals surface area contributed by atoms with Crippen LogP contribution in [0, 0.1) is 0 Å². The molecule has 4 rings (SSSR count). The number of rotatable bonds is 3. The molecule has 0 saturated carbocycles. The summed E-state index contributed by atoms with van der Waals surface area (Å²) in [7, 11) is 0. The van der Waals surface area contributed by atoms with Gasteiger partial charge in [-0.3, -0.25) is 4.90 Å². The molecule has 3 heteroatoms. The maximum atomic E-state index is 12.7. The SMILES string of the molecule is C[C@@]12CCc3ccccc3[C@]1(C)N(CCc1ccccc1)C(=O)O2. The summed E-state index contributed by atoms with van der Waals surface area (Å²) in [6.45, 7) is 4.92. The molecule has 0 bridgehead atoms. The predicted octanol–water partition coefficient (Wildman–Crippen LogP) is 4.30. The molecular formula is C21H23NO2. The lowest BCUT2D eigenvalue weighted by Crippen LogP contribution is -2.55. The van der Waals surface area contributed by atoms with Gasteiger partial charge < -0.3 is 4.74 Å². The van der Waals surface area contributed by atoms with Crippen molar-refractivity contribution < 1.29 is 9.53 Å². The summed E-state index contributed by atoms with van der Waals surface area (Å²) < 4.78 is 5.90. The van der Waals surface area contributed by atoms with E-state index in [2.05, 4.69) is 50.2 Å². The first-order chi connectivity index (χ1) is 11.5. The van der Waals surface area contributed by atoms with Crippen molar-refractivity contribution in [1.29, 1.82) is 0 Å². The van der Waals surface area contributed by atoms with Crippen LogP contribution in [0.15, 0.2) is 54.6 Å². The van der Waals surface area contributed by atoms with Crippen molar-refractivity contribution in [2.75, 3.05) is 6.54 Å². The molecule has 124 valence electrons. The maximum absolute atomic E-state index is 12.7. The molecule has 1 fully saturated rings. The molecular weight excluding hydrogens is 298 g/mol. The van der Waals surface area contributed by atoms with Gasteiger partial charge in [0.1, 0.15) is 11.1 Å². The zero-order valence-electron chi connectivity index (χ0n) is 14.3. The fraction of sp³-hybridized carbons (Fsp3) is 0.381. The lowest BCUT2D eigenvalue weighted by molar-refractivity contribution is -0.00949. The number of carbonyl (C=O) groups excluding carboxylic acids is 1. The van der Waals surface area contributed by atoms with Gasteiger partial charge in [-0.2, -0.15) is 0 Å². The van der Waals surface area contributed by atoms with E-state index in [1.165, 1.54) is 16.7 Å². The third-order valence-electron chi connectivity index (χ3n) is 5.98. The lowest BCUT2D eigenvalue weighted by Gasteiger charge is -2.46. The summed E-state index contributed by atoms with van der Waals surface area (Å²) in [6.07, 6.45) is 2.48. The van der Waals surface area contributed by atoms with E-state index in [-0.39, 0.29) is 6.09 Å². The number of carbonyl (C=O) groups is 1. The molecule has 2 aromatic rings. The smallest absolute Gasteiger partial charge is 0.411 e. The van der Waals surface area contributed by atoms with Crippen molar-refractivity contribution >= 4 is 6.09 Å². The number of fused-ring (bicyclic) bond motifs is 3. The molecule has 1 heterocycles. The molecule has 1 aliphatic heterocycles. The monoisotopic (exact) mass is 321 g/mol. The minimum absolute atomic E-state index is 0.187. The van der Waals surface area contributed by atoms with Crippen LogP contribution in [-0.4, -0.2) is 23.1 Å². The van der Waals surface area contributed by atoms with Gasteiger partial charge in [-0.05, 0) is 49.8 Å². The summed E-state index contributed by atoms with van der Waals surface area (Å²) in [5.41, 5.74) is 2.94. The summed E-state index contributed by atoms with van der Waals surface area (Å²) >= 11 is 0. The van der Waals surface area contributed by atoms with E-state index < -0.39 is 11.1 Å². The largest absolute Gasteiger partial charge is 0.440 e. The lowest BCUT2D eigenvalue weighted by atomic mass is 9.67. The Morgan fingerprint density at radius 3 is 2.54 bits per heavy atom. The maximum Gasteiger partial charge on any atom is 0.411 e. The molecule has 1 amide bonds. The highest BCUT2D eigenvalue weighted by atomic mass is 16.6. The first-order valence-electron chi connectivity index (χ1n) is 8.67. The van der Waals surface area contributed by atoms with Crippen LogP contribution in [0.3, 0.4) is 0 Å². The first-order valence-corrected chi connectivity index (χ1v) is 8.67. The van der Waals surface area contributed by atoms with Crippen LogP contribution in [0.2, 0.25) is 0 Å². The quantitative estimate of drug-likeness (QED) is 0.843. The fourth-order valence-electron chi connectivity index (χ4n) is 4.33. The summed E-state index contributed by atoms with van der Waals surface area (Å²) in [5.74, 6) is 0. The molecule has 3 nitrogen and oxygen atoms in total. The van der Waals surface area contributed by atoms with Crippen LogP contribution in [0.4, 0.5) is 4.79 Å². The van der Waals surface area contributed by atoms with Crippen LogP contribution in [0.25, 0.3) is 0 Å². The van der Waals surface area contributed by atoms with Crippen LogP contribution in [-0.2, 0) is 23.1 Å². The Morgan fingerprint density at radius 2 is 1.75 bits per heavy atom. The zero-order chi connectivity index (χ0) is 16.8. The van der Waals surface area contributed by atoms with Crippen LogP contribution in [0.5, 0.6) is 0 Å². The molecule has 1 saturated heterocycles. The van der Waals surface area contributed by atoms with Gasteiger partial charge in [0.2, 0.25) is 0 Å². The molecule has 0 spiro atoms. The topological polar surface area (TPSA) is 29.5 Å². The van der Waals surface area contributed by atoms with Gasteiger partial charge in [-0.1, -0.05) is 54.6 Å². The van der Waals surface area contributed by atoms with E-state index in [9.17, 15) is 4.79 Å². The standard InChI is InChI=1S/C21H23NO2/c1-20-14-12-17-10-6-7-11-18(17)21(20,2)22(19(23)24-20)15-13-16-8-4-3-5-9-16/h3-11H,12-15H2,1-2H3/t20-,21+/m1/s1. The van der Waals surface area contributed by atoms with E-state index in [0.29, 0.717) is 6.54 Å². The minimum Gasteiger partial charge on any atom is -0.440 e. The fourth-order valence-corrected chi connectivity index (χ4v) is 4.33. The molecule has 0 radical (unpaired) electrons. The van der Waals surface area contributed by atoms with Crippen LogP contribution in [0.1, 0.15) is 37.0 Å². The van der Waals surface area contributed by atoms with E-state index in [1.807, 2.05) is 23.1 Å². The van der Waals surface area contributed by atoms with Crippen molar-refractivity contribution in [2.24, 2.45) is 0 Å². The minimum atomic E-state index is -0.463. The molecule has 2 atom stereocenters. The highest BCUT2D eigenvalue weighted by Crippen LogP contribution is 2.52. The Morgan fingerprint density at radius 1 is 1.04 bits per heavy atom. The van der Waals surface area contributed by atoms with Gasteiger partial charge in [-0.15, -0.1) is 0 Å². The zero-order valence-corrected chi connectivity index (χ0v) is 14.3. The third kappa shape index (κ3) is 2.07. The molecule has 1 aliphatic carbocycles. The number of nitrogens with zero attached hydrogens (tertiary/aromatic N) is 1. The molecule has 0 unspecified atom stereocenters. The van der Waals surface area contributed by atoms with Crippen LogP contribution < -0.4 is 0 Å². The molecule has 0 N–H and O–H groups in total. The number of amides is 1. The highest BCUT2D eigenvalue weighted by molar-refractivity contribution is 5.74. The van der Waals surface area contributed by atoms with Crippen molar-refractivity contribution in [3.63, 3.8) is 0 Å². The number of aryl methyl sites for hydroxylation is 1. The van der Waals surface area contributed by atoms with Crippen LogP contribution >= 0.6 is 0 Å². The summed E-state index contributed by atoms with van der Waals surface area (Å²) in [5, 5.41) is 0. The van der Waals surface area contributed by atoms with Crippen molar-refractivity contribution in [3.8, 4) is 0 Å². The summed E-state index contributed by atoms with van der Waals surface area (Å²) in [6, 6.07) is 18.8. The van der Waals surface area contributed by atoms with Gasteiger partial charge in [0.15, 0.2) is 0 Å². The molecule has 2 aromatic carbocycles. The van der Waals surface area contributed by atoms with Gasteiger partial charge >= 0.3 is 6.09 Å². The molecule has 0 aromatic heterocycles. The Bertz CT molecular complexity index is 772. The Hall–Kier alpha value is -2.29. The number of ether oxygens (including phenoxy) is 1. The third-order valence-corrected chi connectivity index (χ3v) is 5.98. The van der Waals surface area contributed by atoms with Gasteiger partial charge in [0, 0.05) is 6.54 Å². The average molecular weight is 321 g/mol. The summed E-state index contributed by atoms with van der Waals surface area (Å²) in [4.78, 5) is 14.6. The van der Waals surface area contributed by atoms with Crippen molar-refractivity contribution in [2.45, 2.75) is 44.2 Å². The van der Waals surface area contributed by atoms with Crippen molar-refractivity contribution in [3.05, 3.63) is 71.3 Å². The normalized spacial score (nSPS) is 28.2. The van der Waals surface area contributed by atoms with E-state index in [4.69, 9.17) is 4.74 Å². The second kappa shape index (κ2) is 5.37. The highest BCUT2D eigenvalue weighted by Gasteiger charge is 2.62. The number of hydrogen-bond acceptors (Lipinski definition) is 2. The number of hydrogen-bond donors (Lipinski definition) is 0. The second-order valence-corrected chi connectivity index (χ2v) is 7.22. The van der Waals surface area contributed by atoms with Gasteiger partial charge in [0.25, 0.3) is 0 Å². The van der Waals surface area contributed by atoms with Gasteiger partial charge in [0.05, 0.1) is 0 Å². The molecule has 2 aliphatic rings. The van der Waals surface area contributed by atoms with Crippen molar-refractivity contribution in [1.82, 2.24) is 4.90 Å². The number of benzene rings is 2. The average Bonchev–Trinajstić information content (AvgIpc) is 2.80. The Kier molecular flexibility index (Phi) is 3.41. The Labute approximate surface area is 143 Å². The molecule has 24 heavy (non-hydrogen) atoms. The van der Waals surface area contributed by atoms with E-state index >= 15 is 0 Å². The van der Waals surface area contributed by atoms with E-state index in [0.717, 1.165) is 19.3 Å².